The van der Waals surface area contributed by atoms with E-state index < -0.39 is 0 Å². The van der Waals surface area contributed by atoms with Gasteiger partial charge in [-0.15, -0.1) is 0 Å². The number of anilines is 1. The lowest BCUT2D eigenvalue weighted by atomic mass is 10.2. The predicted octanol–water partition coefficient (Wildman–Crippen LogP) is 2.63. The molecule has 3 aromatic rings. The molecule has 0 atom stereocenters. The van der Waals surface area contributed by atoms with Gasteiger partial charge in [-0.25, -0.2) is 9.50 Å². The number of unbranched alkanes of at least 4 members (excludes halogenated alkanes) is 1. The number of hydrogen-bond acceptors (Lipinski definition) is 5. The Bertz CT molecular complexity index is 879. The van der Waals surface area contributed by atoms with Gasteiger partial charge < -0.3 is 15.1 Å². The zero-order valence-corrected chi connectivity index (χ0v) is 15.8. The van der Waals surface area contributed by atoms with Crippen molar-refractivity contribution in [3.8, 4) is 0 Å². The van der Waals surface area contributed by atoms with Crippen LogP contribution in [0.4, 0.5) is 5.82 Å². The Morgan fingerprint density at radius 3 is 2.73 bits per heavy atom. The monoisotopic (exact) mass is 352 g/mol. The van der Waals surface area contributed by atoms with E-state index in [1.165, 1.54) is 39.1 Å². The van der Waals surface area contributed by atoms with Crippen LogP contribution in [-0.4, -0.2) is 70.7 Å². The Morgan fingerprint density at radius 2 is 1.88 bits per heavy atom. The summed E-state index contributed by atoms with van der Waals surface area (Å²) in [6.07, 6.45) is 2.38. The first-order chi connectivity index (χ1) is 12.7. The van der Waals surface area contributed by atoms with Crippen molar-refractivity contribution in [3.05, 3.63) is 36.0 Å². The number of piperazine rings is 1. The fourth-order valence-electron chi connectivity index (χ4n) is 3.65. The van der Waals surface area contributed by atoms with Gasteiger partial charge in [0.2, 0.25) is 0 Å². The molecule has 1 aromatic carbocycles. The normalized spacial score (nSPS) is 16.5. The molecule has 0 aliphatic carbocycles. The van der Waals surface area contributed by atoms with Gasteiger partial charge in [0.15, 0.2) is 5.65 Å². The van der Waals surface area contributed by atoms with E-state index >= 15 is 0 Å². The number of nitrogens with one attached hydrogen (secondary N) is 1. The molecule has 0 bridgehead atoms. The number of hydrogen-bond donors (Lipinski definition) is 1. The zero-order valence-electron chi connectivity index (χ0n) is 15.8. The maximum absolute atomic E-state index is 4.79. The molecule has 26 heavy (non-hydrogen) atoms. The molecular formula is C20H28N6. The SMILES string of the molecule is Cc1cc2nc(NCCCCN3CCN(C)CC3)c3ccccc3n2n1. The lowest BCUT2D eigenvalue weighted by Gasteiger charge is -2.32. The lowest BCUT2D eigenvalue weighted by Crippen LogP contribution is -2.44. The molecule has 1 fully saturated rings. The quantitative estimate of drug-likeness (QED) is 0.691. The minimum atomic E-state index is 0.904. The number of aryl methyl sites for hydroxylation is 1. The molecular weight excluding hydrogens is 324 g/mol. The van der Waals surface area contributed by atoms with Crippen molar-refractivity contribution >= 4 is 22.4 Å². The van der Waals surface area contributed by atoms with E-state index in [1.807, 2.05) is 17.5 Å². The van der Waals surface area contributed by atoms with Crippen LogP contribution in [-0.2, 0) is 0 Å². The van der Waals surface area contributed by atoms with Gasteiger partial charge in [-0.3, -0.25) is 0 Å². The van der Waals surface area contributed by atoms with Gasteiger partial charge in [0.25, 0.3) is 0 Å². The topological polar surface area (TPSA) is 48.7 Å². The van der Waals surface area contributed by atoms with Crippen LogP contribution in [0.5, 0.6) is 0 Å². The van der Waals surface area contributed by atoms with Crippen molar-refractivity contribution < 1.29 is 0 Å². The smallest absolute Gasteiger partial charge is 0.158 e. The number of rotatable bonds is 6. The van der Waals surface area contributed by atoms with E-state index in [9.17, 15) is 0 Å². The summed E-state index contributed by atoms with van der Waals surface area (Å²) >= 11 is 0. The second kappa shape index (κ2) is 7.60. The highest BCUT2D eigenvalue weighted by atomic mass is 15.3. The number of nitrogens with zero attached hydrogens (tertiary/aromatic N) is 5. The van der Waals surface area contributed by atoms with Crippen LogP contribution in [0.2, 0.25) is 0 Å². The Labute approximate surface area is 154 Å². The third-order valence-electron chi connectivity index (χ3n) is 5.22. The van der Waals surface area contributed by atoms with Crippen LogP contribution in [0, 0.1) is 6.92 Å². The second-order valence-electron chi connectivity index (χ2n) is 7.31. The van der Waals surface area contributed by atoms with Crippen LogP contribution in [0.25, 0.3) is 16.6 Å². The fourth-order valence-corrected chi connectivity index (χ4v) is 3.65. The van der Waals surface area contributed by atoms with Crippen molar-refractivity contribution in [2.24, 2.45) is 0 Å². The molecule has 0 unspecified atom stereocenters. The van der Waals surface area contributed by atoms with Crippen LogP contribution in [0.3, 0.4) is 0 Å². The fraction of sp³-hybridized carbons (Fsp3) is 0.500. The number of para-hydroxylation sites is 1. The largest absolute Gasteiger partial charge is 0.369 e. The lowest BCUT2D eigenvalue weighted by molar-refractivity contribution is 0.152. The standard InChI is InChI=1S/C20H28N6/c1-16-15-19-22-20(17-7-3-4-8-18(17)26(19)23-16)21-9-5-6-10-25-13-11-24(2)12-14-25/h3-4,7-8,15H,5-6,9-14H2,1-2H3,(H,21,22). The summed E-state index contributed by atoms with van der Waals surface area (Å²) in [4.78, 5) is 9.78. The Morgan fingerprint density at radius 1 is 1.08 bits per heavy atom. The summed E-state index contributed by atoms with van der Waals surface area (Å²) in [5.74, 6) is 0.965. The number of benzene rings is 1. The summed E-state index contributed by atoms with van der Waals surface area (Å²) in [5, 5.41) is 9.25. The summed E-state index contributed by atoms with van der Waals surface area (Å²) in [6, 6.07) is 10.4. The average molecular weight is 352 g/mol. The molecule has 0 saturated carbocycles. The van der Waals surface area contributed by atoms with E-state index in [4.69, 9.17) is 4.98 Å². The Balaban J connectivity index is 1.37. The van der Waals surface area contributed by atoms with E-state index in [1.54, 1.807) is 0 Å². The molecule has 0 radical (unpaired) electrons. The molecule has 4 rings (SSSR count). The maximum atomic E-state index is 4.79. The molecule has 3 heterocycles. The Kier molecular flexibility index (Phi) is 5.04. The molecule has 138 valence electrons. The molecule has 1 N–H and O–H groups in total. The van der Waals surface area contributed by atoms with Crippen LogP contribution < -0.4 is 5.32 Å². The molecule has 6 heteroatoms. The van der Waals surface area contributed by atoms with E-state index in [0.29, 0.717) is 0 Å². The predicted molar refractivity (Wildman–Crippen MR) is 107 cm³/mol. The highest BCUT2D eigenvalue weighted by Gasteiger charge is 2.13. The van der Waals surface area contributed by atoms with Crippen LogP contribution in [0.15, 0.2) is 30.3 Å². The van der Waals surface area contributed by atoms with Gasteiger partial charge in [-0.05, 0) is 45.5 Å². The van der Waals surface area contributed by atoms with Crippen LogP contribution in [0.1, 0.15) is 18.5 Å². The molecule has 2 aromatic heterocycles. The van der Waals surface area contributed by atoms with E-state index in [0.717, 1.165) is 41.0 Å². The maximum Gasteiger partial charge on any atom is 0.158 e. The summed E-state index contributed by atoms with van der Waals surface area (Å²) in [5.41, 5.74) is 3.00. The van der Waals surface area contributed by atoms with Crippen molar-refractivity contribution in [3.63, 3.8) is 0 Å². The highest BCUT2D eigenvalue weighted by molar-refractivity contribution is 5.91. The van der Waals surface area contributed by atoms with Crippen molar-refractivity contribution in [2.45, 2.75) is 19.8 Å². The van der Waals surface area contributed by atoms with Crippen molar-refractivity contribution in [2.75, 3.05) is 51.6 Å². The summed E-state index contributed by atoms with van der Waals surface area (Å²) in [7, 11) is 2.21. The number of fused-ring (bicyclic) bond motifs is 3. The highest BCUT2D eigenvalue weighted by Crippen LogP contribution is 2.23. The van der Waals surface area contributed by atoms with Crippen molar-refractivity contribution in [1.82, 2.24) is 24.4 Å². The molecule has 1 aliphatic heterocycles. The van der Waals surface area contributed by atoms with Gasteiger partial charge >= 0.3 is 0 Å². The van der Waals surface area contributed by atoms with Gasteiger partial charge in [-0.2, -0.15) is 5.10 Å². The average Bonchev–Trinajstić information content (AvgIpc) is 3.03. The molecule has 1 aliphatic rings. The first-order valence-corrected chi connectivity index (χ1v) is 9.60. The first-order valence-electron chi connectivity index (χ1n) is 9.60. The molecule has 0 spiro atoms. The van der Waals surface area contributed by atoms with Gasteiger partial charge in [0, 0.05) is 44.2 Å². The number of likely N-dealkylation sites (N-methyl/N-ethyl adjacent to an activating group) is 1. The summed E-state index contributed by atoms with van der Waals surface area (Å²) < 4.78 is 1.93. The number of aromatic nitrogens is 3. The minimum Gasteiger partial charge on any atom is -0.369 e. The third-order valence-corrected chi connectivity index (χ3v) is 5.22. The third kappa shape index (κ3) is 3.66. The molecule has 1 saturated heterocycles. The van der Waals surface area contributed by atoms with Gasteiger partial charge in [0.1, 0.15) is 5.82 Å². The second-order valence-corrected chi connectivity index (χ2v) is 7.31. The zero-order chi connectivity index (χ0) is 17.9. The van der Waals surface area contributed by atoms with Gasteiger partial charge in [0.05, 0.1) is 11.2 Å². The first kappa shape index (κ1) is 17.2. The van der Waals surface area contributed by atoms with Crippen LogP contribution >= 0.6 is 0 Å². The van der Waals surface area contributed by atoms with Gasteiger partial charge in [-0.1, -0.05) is 12.1 Å². The van der Waals surface area contributed by atoms with Crippen molar-refractivity contribution in [1.29, 1.82) is 0 Å². The van der Waals surface area contributed by atoms with E-state index in [-0.39, 0.29) is 0 Å². The summed E-state index contributed by atoms with van der Waals surface area (Å²) in [6.45, 7) is 8.95. The minimum absolute atomic E-state index is 0.904. The molecule has 0 amide bonds. The molecule has 6 nitrogen and oxygen atoms in total. The Hall–Kier alpha value is -2.18. The van der Waals surface area contributed by atoms with E-state index in [2.05, 4.69) is 51.5 Å².